The minimum absolute atomic E-state index is 0.167. The first-order valence-electron chi connectivity index (χ1n) is 8.40. The lowest BCUT2D eigenvalue weighted by Crippen LogP contribution is -2.43. The van der Waals surface area contributed by atoms with Gasteiger partial charge in [0.25, 0.3) is 11.5 Å². The van der Waals surface area contributed by atoms with Crippen molar-refractivity contribution >= 4 is 32.7 Å². The Kier molecular flexibility index (Phi) is 4.61. The molecule has 1 aliphatic heterocycles. The molecule has 0 radical (unpaired) electrons. The quantitative estimate of drug-likeness (QED) is 0.700. The van der Waals surface area contributed by atoms with Gasteiger partial charge in [-0.15, -0.1) is 0 Å². The van der Waals surface area contributed by atoms with E-state index >= 15 is 0 Å². The lowest BCUT2D eigenvalue weighted by atomic mass is 10.1. The van der Waals surface area contributed by atoms with E-state index in [2.05, 4.69) is 20.9 Å². The van der Waals surface area contributed by atoms with Gasteiger partial charge in [-0.25, -0.2) is 0 Å². The number of carbonyl (C=O) groups is 1. The average Bonchev–Trinajstić information content (AvgIpc) is 2.67. The van der Waals surface area contributed by atoms with E-state index in [4.69, 9.17) is 4.74 Å². The van der Waals surface area contributed by atoms with E-state index < -0.39 is 0 Å². The second-order valence-corrected chi connectivity index (χ2v) is 7.18. The SMILES string of the molecule is O=C(c1cc2ccccc2[nH]c1=O)N1CCOC(c2ccc(Br)cc2)C1. The number of hydrogen-bond donors (Lipinski definition) is 1. The van der Waals surface area contributed by atoms with E-state index in [0.29, 0.717) is 19.7 Å². The van der Waals surface area contributed by atoms with Crippen LogP contribution in [0.15, 0.2) is 63.9 Å². The molecule has 1 fully saturated rings. The molecule has 0 bridgehead atoms. The maximum Gasteiger partial charge on any atom is 0.261 e. The van der Waals surface area contributed by atoms with Gasteiger partial charge in [0, 0.05) is 16.5 Å². The molecule has 0 spiro atoms. The molecule has 132 valence electrons. The number of aromatic nitrogens is 1. The fourth-order valence-corrected chi connectivity index (χ4v) is 3.45. The summed E-state index contributed by atoms with van der Waals surface area (Å²) in [6.45, 7) is 1.34. The molecule has 0 aliphatic carbocycles. The molecule has 4 rings (SSSR count). The molecule has 0 saturated carbocycles. The number of halogens is 1. The number of aromatic amines is 1. The Morgan fingerprint density at radius 1 is 1.15 bits per heavy atom. The van der Waals surface area contributed by atoms with E-state index in [1.54, 1.807) is 11.0 Å². The minimum Gasteiger partial charge on any atom is -0.370 e. The summed E-state index contributed by atoms with van der Waals surface area (Å²) in [5, 5.41) is 0.841. The van der Waals surface area contributed by atoms with Gasteiger partial charge in [-0.2, -0.15) is 0 Å². The topological polar surface area (TPSA) is 62.4 Å². The van der Waals surface area contributed by atoms with Crippen LogP contribution in [0.2, 0.25) is 0 Å². The normalized spacial score (nSPS) is 17.4. The van der Waals surface area contributed by atoms with Crippen LogP contribution in [0.25, 0.3) is 10.9 Å². The summed E-state index contributed by atoms with van der Waals surface area (Å²) >= 11 is 3.42. The number of morpholine rings is 1. The Balaban J connectivity index is 1.60. The molecule has 1 aromatic heterocycles. The summed E-state index contributed by atoms with van der Waals surface area (Å²) in [7, 11) is 0. The summed E-state index contributed by atoms with van der Waals surface area (Å²) in [6.07, 6.45) is -0.194. The minimum atomic E-state index is -0.361. The molecular weight excluding hydrogens is 396 g/mol. The van der Waals surface area contributed by atoms with Crippen molar-refractivity contribution in [3.8, 4) is 0 Å². The van der Waals surface area contributed by atoms with E-state index in [9.17, 15) is 9.59 Å². The summed E-state index contributed by atoms with van der Waals surface area (Å²) in [4.78, 5) is 29.8. The number of nitrogens with one attached hydrogen (secondary N) is 1. The van der Waals surface area contributed by atoms with Crippen LogP contribution in [0.4, 0.5) is 0 Å². The molecular formula is C20H17BrN2O3. The maximum absolute atomic E-state index is 12.9. The largest absolute Gasteiger partial charge is 0.370 e. The molecule has 2 aromatic carbocycles. The van der Waals surface area contributed by atoms with Gasteiger partial charge in [0.2, 0.25) is 0 Å². The number of para-hydroxylation sites is 1. The lowest BCUT2D eigenvalue weighted by molar-refractivity contribution is -0.0228. The van der Waals surface area contributed by atoms with Gasteiger partial charge >= 0.3 is 0 Å². The average molecular weight is 413 g/mol. The molecule has 3 aromatic rings. The van der Waals surface area contributed by atoms with Crippen LogP contribution < -0.4 is 5.56 Å². The third-order valence-electron chi connectivity index (χ3n) is 4.58. The van der Waals surface area contributed by atoms with Crippen LogP contribution >= 0.6 is 15.9 Å². The smallest absolute Gasteiger partial charge is 0.261 e. The van der Waals surface area contributed by atoms with Gasteiger partial charge in [0.05, 0.1) is 13.2 Å². The molecule has 1 saturated heterocycles. The summed E-state index contributed by atoms with van der Waals surface area (Å²) in [5.74, 6) is -0.262. The summed E-state index contributed by atoms with van der Waals surface area (Å²) in [5.41, 5.74) is 1.54. The highest BCUT2D eigenvalue weighted by Gasteiger charge is 2.27. The fraction of sp³-hybridized carbons (Fsp3) is 0.200. The van der Waals surface area contributed by atoms with Gasteiger partial charge in [0.1, 0.15) is 11.7 Å². The molecule has 6 heteroatoms. The predicted molar refractivity (Wildman–Crippen MR) is 103 cm³/mol. The van der Waals surface area contributed by atoms with Crippen molar-refractivity contribution in [2.75, 3.05) is 19.7 Å². The Morgan fingerprint density at radius 2 is 1.92 bits per heavy atom. The molecule has 1 atom stereocenters. The number of nitrogens with zero attached hydrogens (tertiary/aromatic N) is 1. The summed E-state index contributed by atoms with van der Waals surface area (Å²) in [6, 6.07) is 17.0. The van der Waals surface area contributed by atoms with E-state index in [1.807, 2.05) is 48.5 Å². The molecule has 1 amide bonds. The predicted octanol–water partition coefficient (Wildman–Crippen LogP) is 3.50. The van der Waals surface area contributed by atoms with Crippen LogP contribution in [-0.2, 0) is 4.74 Å². The number of carbonyl (C=O) groups excluding carboxylic acids is 1. The van der Waals surface area contributed by atoms with Crippen molar-refractivity contribution < 1.29 is 9.53 Å². The molecule has 5 nitrogen and oxygen atoms in total. The van der Waals surface area contributed by atoms with Crippen molar-refractivity contribution in [1.82, 2.24) is 9.88 Å². The number of rotatable bonds is 2. The number of ether oxygens (including phenoxy) is 1. The number of amides is 1. The first-order valence-corrected chi connectivity index (χ1v) is 9.19. The lowest BCUT2D eigenvalue weighted by Gasteiger charge is -2.33. The second-order valence-electron chi connectivity index (χ2n) is 6.26. The molecule has 2 heterocycles. The molecule has 26 heavy (non-hydrogen) atoms. The van der Waals surface area contributed by atoms with E-state index in [0.717, 1.165) is 20.9 Å². The zero-order valence-corrected chi connectivity index (χ0v) is 15.5. The zero-order chi connectivity index (χ0) is 18.1. The highest BCUT2D eigenvalue weighted by Crippen LogP contribution is 2.24. The second kappa shape index (κ2) is 7.05. The van der Waals surface area contributed by atoms with Gasteiger partial charge in [-0.3, -0.25) is 9.59 Å². The number of pyridine rings is 1. The van der Waals surface area contributed by atoms with Crippen LogP contribution in [0.3, 0.4) is 0 Å². The van der Waals surface area contributed by atoms with Crippen molar-refractivity contribution in [3.63, 3.8) is 0 Å². The Hall–Kier alpha value is -2.44. The monoisotopic (exact) mass is 412 g/mol. The third kappa shape index (κ3) is 3.30. The van der Waals surface area contributed by atoms with Crippen molar-refractivity contribution in [1.29, 1.82) is 0 Å². The molecule has 1 aliphatic rings. The summed E-state index contributed by atoms with van der Waals surface area (Å²) < 4.78 is 6.82. The van der Waals surface area contributed by atoms with Crippen LogP contribution in [0, 0.1) is 0 Å². The van der Waals surface area contributed by atoms with Crippen molar-refractivity contribution in [3.05, 3.63) is 80.6 Å². The van der Waals surface area contributed by atoms with Crippen LogP contribution in [-0.4, -0.2) is 35.5 Å². The standard InChI is InChI=1S/C20H17BrN2O3/c21-15-7-5-13(6-8-15)18-12-23(9-10-26-18)20(25)16-11-14-3-1-2-4-17(14)22-19(16)24/h1-8,11,18H,9-10,12H2,(H,22,24). The Bertz CT molecular complexity index is 1010. The number of benzene rings is 2. The van der Waals surface area contributed by atoms with Gasteiger partial charge in [0.15, 0.2) is 0 Å². The number of hydrogen-bond acceptors (Lipinski definition) is 3. The van der Waals surface area contributed by atoms with Gasteiger partial charge < -0.3 is 14.6 Å². The van der Waals surface area contributed by atoms with Crippen molar-refractivity contribution in [2.45, 2.75) is 6.10 Å². The zero-order valence-electron chi connectivity index (χ0n) is 13.9. The van der Waals surface area contributed by atoms with Crippen molar-refractivity contribution in [2.24, 2.45) is 0 Å². The fourth-order valence-electron chi connectivity index (χ4n) is 3.19. The number of fused-ring (bicyclic) bond motifs is 1. The highest BCUT2D eigenvalue weighted by molar-refractivity contribution is 9.10. The first-order chi connectivity index (χ1) is 12.6. The Labute approximate surface area is 158 Å². The Morgan fingerprint density at radius 3 is 2.73 bits per heavy atom. The van der Waals surface area contributed by atoms with E-state index in [1.165, 1.54) is 0 Å². The maximum atomic E-state index is 12.9. The first kappa shape index (κ1) is 17.0. The van der Waals surface area contributed by atoms with Crippen LogP contribution in [0.5, 0.6) is 0 Å². The van der Waals surface area contributed by atoms with Gasteiger partial charge in [-0.1, -0.05) is 46.3 Å². The third-order valence-corrected chi connectivity index (χ3v) is 5.11. The van der Waals surface area contributed by atoms with Gasteiger partial charge in [-0.05, 0) is 35.2 Å². The highest BCUT2D eigenvalue weighted by atomic mass is 79.9. The van der Waals surface area contributed by atoms with E-state index in [-0.39, 0.29) is 23.1 Å². The number of H-pyrrole nitrogens is 1. The molecule has 1 N–H and O–H groups in total. The van der Waals surface area contributed by atoms with Crippen LogP contribution in [0.1, 0.15) is 22.0 Å². The molecule has 1 unspecified atom stereocenters.